The van der Waals surface area contributed by atoms with Crippen molar-refractivity contribution in [2.75, 3.05) is 5.73 Å². The van der Waals surface area contributed by atoms with Gasteiger partial charge >= 0.3 is 5.97 Å². The Morgan fingerprint density at radius 3 is 3.00 bits per heavy atom. The SMILES string of the molecule is Nc1ncc(Br)cc1/C=C\C(=O)O. The van der Waals surface area contributed by atoms with Crippen LogP contribution in [-0.4, -0.2) is 16.1 Å². The second-order valence-corrected chi connectivity index (χ2v) is 3.22. The largest absolute Gasteiger partial charge is 0.478 e. The van der Waals surface area contributed by atoms with Gasteiger partial charge in [-0.3, -0.25) is 0 Å². The van der Waals surface area contributed by atoms with Crippen LogP contribution in [0.15, 0.2) is 22.8 Å². The Hall–Kier alpha value is -1.36. The zero-order valence-electron chi connectivity index (χ0n) is 6.57. The first kappa shape index (κ1) is 9.73. The number of nitrogens with zero attached hydrogens (tertiary/aromatic N) is 1. The number of carboxylic acid groups (broad SMARTS) is 1. The van der Waals surface area contributed by atoms with E-state index in [0.717, 1.165) is 10.5 Å². The van der Waals surface area contributed by atoms with E-state index >= 15 is 0 Å². The maximum atomic E-state index is 10.2. The molecule has 1 aromatic rings. The molecule has 13 heavy (non-hydrogen) atoms. The molecule has 0 aromatic carbocycles. The van der Waals surface area contributed by atoms with E-state index in [1.54, 1.807) is 12.3 Å². The smallest absolute Gasteiger partial charge is 0.328 e. The molecule has 68 valence electrons. The molecular weight excluding hydrogens is 236 g/mol. The van der Waals surface area contributed by atoms with Crippen molar-refractivity contribution in [3.05, 3.63) is 28.4 Å². The molecule has 0 atom stereocenters. The van der Waals surface area contributed by atoms with Crippen LogP contribution in [0.5, 0.6) is 0 Å². The van der Waals surface area contributed by atoms with E-state index in [1.165, 1.54) is 6.08 Å². The Labute approximate surface area is 83.2 Å². The minimum absolute atomic E-state index is 0.306. The molecule has 0 spiro atoms. The molecular formula is C8H7BrN2O2. The highest BCUT2D eigenvalue weighted by Crippen LogP contribution is 2.16. The number of nitrogens with two attached hydrogens (primary N) is 1. The lowest BCUT2D eigenvalue weighted by Gasteiger charge is -1.98. The van der Waals surface area contributed by atoms with E-state index in [9.17, 15) is 4.79 Å². The average Bonchev–Trinajstić information content (AvgIpc) is 2.06. The minimum Gasteiger partial charge on any atom is -0.478 e. The van der Waals surface area contributed by atoms with Crippen molar-refractivity contribution in [2.45, 2.75) is 0 Å². The average molecular weight is 243 g/mol. The first-order valence-corrected chi connectivity index (χ1v) is 4.21. The van der Waals surface area contributed by atoms with E-state index in [4.69, 9.17) is 10.8 Å². The summed E-state index contributed by atoms with van der Waals surface area (Å²) >= 11 is 3.20. The molecule has 4 nitrogen and oxygen atoms in total. The van der Waals surface area contributed by atoms with Crippen LogP contribution in [0.25, 0.3) is 6.08 Å². The van der Waals surface area contributed by atoms with Gasteiger partial charge in [0.25, 0.3) is 0 Å². The standard InChI is InChI=1S/C8H7BrN2O2/c9-6-3-5(1-2-7(12)13)8(10)11-4-6/h1-4H,(H2,10,11)(H,12,13)/b2-1-. The quantitative estimate of drug-likeness (QED) is 0.772. The van der Waals surface area contributed by atoms with Gasteiger partial charge in [-0.25, -0.2) is 9.78 Å². The Bertz CT molecular complexity index is 363. The number of halogens is 1. The van der Waals surface area contributed by atoms with Crippen molar-refractivity contribution < 1.29 is 9.90 Å². The molecule has 1 heterocycles. The van der Waals surface area contributed by atoms with Crippen LogP contribution >= 0.6 is 15.9 Å². The molecule has 3 N–H and O–H groups in total. The monoisotopic (exact) mass is 242 g/mol. The molecule has 1 aromatic heterocycles. The summed E-state index contributed by atoms with van der Waals surface area (Å²) in [5.41, 5.74) is 6.08. The third-order valence-corrected chi connectivity index (χ3v) is 1.76. The van der Waals surface area contributed by atoms with Crippen LogP contribution in [0.1, 0.15) is 5.56 Å². The molecule has 0 radical (unpaired) electrons. The number of anilines is 1. The Morgan fingerprint density at radius 1 is 1.69 bits per heavy atom. The number of nitrogen functional groups attached to an aromatic ring is 1. The molecule has 0 aliphatic carbocycles. The summed E-state index contributed by atoms with van der Waals surface area (Å²) in [5.74, 6) is -0.708. The van der Waals surface area contributed by atoms with Crippen LogP contribution in [0.4, 0.5) is 5.82 Å². The first-order chi connectivity index (χ1) is 6.09. The summed E-state index contributed by atoms with van der Waals surface area (Å²) in [6, 6.07) is 1.70. The summed E-state index contributed by atoms with van der Waals surface area (Å²) < 4.78 is 0.756. The molecule has 0 fully saturated rings. The lowest BCUT2D eigenvalue weighted by Crippen LogP contribution is -1.94. The molecule has 0 amide bonds. The number of aromatic nitrogens is 1. The van der Waals surface area contributed by atoms with Crippen LogP contribution in [0.3, 0.4) is 0 Å². The normalized spacial score (nSPS) is 10.5. The van der Waals surface area contributed by atoms with Gasteiger partial charge in [-0.15, -0.1) is 0 Å². The van der Waals surface area contributed by atoms with Gasteiger partial charge < -0.3 is 10.8 Å². The molecule has 1 rings (SSSR count). The highest BCUT2D eigenvalue weighted by molar-refractivity contribution is 9.10. The minimum atomic E-state index is -1.01. The summed E-state index contributed by atoms with van der Waals surface area (Å²) in [6.45, 7) is 0. The highest BCUT2D eigenvalue weighted by Gasteiger charge is 1.97. The predicted octanol–water partition coefficient (Wildman–Crippen LogP) is 1.52. The van der Waals surface area contributed by atoms with E-state index in [2.05, 4.69) is 20.9 Å². The maximum Gasteiger partial charge on any atom is 0.328 e. The fourth-order valence-electron chi connectivity index (χ4n) is 0.760. The second kappa shape index (κ2) is 4.04. The van der Waals surface area contributed by atoms with Gasteiger partial charge in [-0.2, -0.15) is 0 Å². The molecule has 0 bridgehead atoms. The van der Waals surface area contributed by atoms with E-state index < -0.39 is 5.97 Å². The summed E-state index contributed by atoms with van der Waals surface area (Å²) in [5, 5.41) is 8.38. The highest BCUT2D eigenvalue weighted by atomic mass is 79.9. The van der Waals surface area contributed by atoms with Gasteiger partial charge in [0, 0.05) is 22.3 Å². The van der Waals surface area contributed by atoms with Crippen molar-refractivity contribution in [1.82, 2.24) is 4.98 Å². The van der Waals surface area contributed by atoms with Gasteiger partial charge in [0.05, 0.1) is 0 Å². The lowest BCUT2D eigenvalue weighted by molar-refractivity contribution is -0.131. The van der Waals surface area contributed by atoms with Gasteiger partial charge in [-0.1, -0.05) is 0 Å². The molecule has 0 saturated carbocycles. The Morgan fingerprint density at radius 2 is 2.38 bits per heavy atom. The number of hydrogen-bond acceptors (Lipinski definition) is 3. The fraction of sp³-hybridized carbons (Fsp3) is 0. The number of carboxylic acids is 1. The van der Waals surface area contributed by atoms with Crippen molar-refractivity contribution in [1.29, 1.82) is 0 Å². The second-order valence-electron chi connectivity index (χ2n) is 2.30. The van der Waals surface area contributed by atoms with Gasteiger partial charge in [0.15, 0.2) is 0 Å². The van der Waals surface area contributed by atoms with E-state index in [0.29, 0.717) is 11.4 Å². The van der Waals surface area contributed by atoms with E-state index in [1.807, 2.05) is 0 Å². The topological polar surface area (TPSA) is 76.2 Å². The van der Waals surface area contributed by atoms with Gasteiger partial charge in [0.1, 0.15) is 5.82 Å². The van der Waals surface area contributed by atoms with Gasteiger partial charge in [-0.05, 0) is 28.1 Å². The van der Waals surface area contributed by atoms with Crippen molar-refractivity contribution >= 4 is 33.8 Å². The third kappa shape index (κ3) is 2.87. The summed E-state index contributed by atoms with van der Waals surface area (Å²) in [4.78, 5) is 14.1. The van der Waals surface area contributed by atoms with Crippen molar-refractivity contribution in [3.8, 4) is 0 Å². The Kier molecular flexibility index (Phi) is 3.02. The summed E-state index contributed by atoms with van der Waals surface area (Å²) in [7, 11) is 0. The predicted molar refractivity (Wildman–Crippen MR) is 53.0 cm³/mol. The van der Waals surface area contributed by atoms with Crippen LogP contribution in [0.2, 0.25) is 0 Å². The van der Waals surface area contributed by atoms with Crippen molar-refractivity contribution in [2.24, 2.45) is 0 Å². The summed E-state index contributed by atoms with van der Waals surface area (Å²) in [6.07, 6.45) is 3.96. The number of pyridine rings is 1. The molecule has 0 saturated heterocycles. The number of aliphatic carboxylic acids is 1. The zero-order valence-corrected chi connectivity index (χ0v) is 8.15. The number of rotatable bonds is 2. The maximum absolute atomic E-state index is 10.2. The molecule has 0 aliphatic heterocycles. The third-order valence-electron chi connectivity index (χ3n) is 1.32. The van der Waals surface area contributed by atoms with Gasteiger partial charge in [0.2, 0.25) is 0 Å². The fourth-order valence-corrected chi connectivity index (χ4v) is 1.11. The molecule has 0 aliphatic rings. The van der Waals surface area contributed by atoms with Crippen molar-refractivity contribution in [3.63, 3.8) is 0 Å². The zero-order chi connectivity index (χ0) is 9.84. The number of hydrogen-bond donors (Lipinski definition) is 2. The molecule has 0 unspecified atom stereocenters. The lowest BCUT2D eigenvalue weighted by atomic mass is 10.2. The van der Waals surface area contributed by atoms with Crippen LogP contribution in [0, 0.1) is 0 Å². The van der Waals surface area contributed by atoms with Crippen LogP contribution in [-0.2, 0) is 4.79 Å². The number of carbonyl (C=O) groups is 1. The molecule has 5 heteroatoms. The first-order valence-electron chi connectivity index (χ1n) is 3.41. The Balaban J connectivity index is 3.00. The van der Waals surface area contributed by atoms with Crippen LogP contribution < -0.4 is 5.73 Å². The van der Waals surface area contributed by atoms with E-state index in [-0.39, 0.29) is 0 Å².